The van der Waals surface area contributed by atoms with E-state index in [1.54, 1.807) is 6.07 Å². The molecule has 0 aliphatic heterocycles. The van der Waals surface area contributed by atoms with Gasteiger partial charge in [-0.05, 0) is 44.2 Å². The van der Waals surface area contributed by atoms with E-state index in [9.17, 15) is 4.39 Å². The molecule has 1 aromatic rings. The fourth-order valence-electron chi connectivity index (χ4n) is 3.09. The van der Waals surface area contributed by atoms with Crippen molar-refractivity contribution in [3.8, 4) is 0 Å². The molecule has 1 aliphatic carbocycles. The summed E-state index contributed by atoms with van der Waals surface area (Å²) in [7, 11) is 0. The molecule has 1 saturated carbocycles. The van der Waals surface area contributed by atoms with Crippen LogP contribution in [0.25, 0.3) is 0 Å². The molecular weight excluding hydrogens is 239 g/mol. The molecule has 0 bridgehead atoms. The lowest BCUT2D eigenvalue weighted by Gasteiger charge is -2.31. The topological polar surface area (TPSA) is 24.9 Å². The maximum Gasteiger partial charge on any atom is 0.141 e. The smallest absolute Gasteiger partial charge is 0.141 e. The van der Waals surface area contributed by atoms with Crippen LogP contribution in [-0.2, 0) is 0 Å². The Morgan fingerprint density at radius 1 is 1.32 bits per heavy atom. The fourth-order valence-corrected chi connectivity index (χ4v) is 3.09. The van der Waals surface area contributed by atoms with Crippen molar-refractivity contribution in [3.05, 3.63) is 29.8 Å². The Bertz CT molecular complexity index is 371. The fraction of sp³-hybridized carbons (Fsp3) is 0.688. The zero-order chi connectivity index (χ0) is 13.7. The zero-order valence-electron chi connectivity index (χ0n) is 12.0. The van der Waals surface area contributed by atoms with Crippen LogP contribution in [-0.4, -0.2) is 11.0 Å². The lowest BCUT2D eigenvalue weighted by Crippen LogP contribution is -2.37. The maximum atomic E-state index is 12.9. The van der Waals surface area contributed by atoms with E-state index in [2.05, 4.69) is 24.1 Å². The van der Waals surface area contributed by atoms with Gasteiger partial charge in [0.05, 0.1) is 11.9 Å². The van der Waals surface area contributed by atoms with Crippen LogP contribution in [0.15, 0.2) is 18.3 Å². The van der Waals surface area contributed by atoms with Crippen LogP contribution >= 0.6 is 0 Å². The lowest BCUT2D eigenvalue weighted by molar-refractivity contribution is 0.261. The van der Waals surface area contributed by atoms with Crippen molar-refractivity contribution in [1.29, 1.82) is 0 Å². The molecule has 2 atom stereocenters. The Morgan fingerprint density at radius 2 is 2.05 bits per heavy atom. The number of hydrogen-bond donors (Lipinski definition) is 1. The van der Waals surface area contributed by atoms with E-state index in [1.807, 2.05) is 0 Å². The molecule has 1 fully saturated rings. The lowest BCUT2D eigenvalue weighted by atomic mass is 9.84. The first-order chi connectivity index (χ1) is 9.20. The molecule has 106 valence electrons. The van der Waals surface area contributed by atoms with E-state index in [4.69, 9.17) is 0 Å². The van der Waals surface area contributed by atoms with E-state index in [1.165, 1.54) is 44.4 Å². The van der Waals surface area contributed by atoms with Gasteiger partial charge in [-0.2, -0.15) is 0 Å². The highest BCUT2D eigenvalue weighted by molar-refractivity contribution is 5.10. The van der Waals surface area contributed by atoms with Gasteiger partial charge >= 0.3 is 0 Å². The van der Waals surface area contributed by atoms with Crippen LogP contribution in [0.1, 0.15) is 64.1 Å². The molecule has 1 N–H and O–H groups in total. The standard InChI is InChI=1S/C16H25FN2/c1-3-15(16-10-9-14(17)11-18-16)19-12(2)13-7-5-4-6-8-13/h9-13,15,19H,3-8H2,1-2H3. The Kier molecular flexibility index (Phi) is 5.32. The van der Waals surface area contributed by atoms with E-state index < -0.39 is 0 Å². The summed E-state index contributed by atoms with van der Waals surface area (Å²) in [5, 5.41) is 3.69. The van der Waals surface area contributed by atoms with Gasteiger partial charge in [-0.25, -0.2) is 4.39 Å². The molecule has 3 heteroatoms. The van der Waals surface area contributed by atoms with Crippen molar-refractivity contribution >= 4 is 0 Å². The summed E-state index contributed by atoms with van der Waals surface area (Å²) in [5.41, 5.74) is 0.951. The van der Waals surface area contributed by atoms with Crippen molar-refractivity contribution < 1.29 is 4.39 Å². The number of halogens is 1. The van der Waals surface area contributed by atoms with Crippen LogP contribution in [0.3, 0.4) is 0 Å². The highest BCUT2D eigenvalue weighted by Crippen LogP contribution is 2.28. The molecule has 0 amide bonds. The predicted molar refractivity (Wildman–Crippen MR) is 76.4 cm³/mol. The quantitative estimate of drug-likeness (QED) is 0.861. The number of pyridine rings is 1. The second kappa shape index (κ2) is 6.99. The minimum Gasteiger partial charge on any atom is -0.306 e. The SMILES string of the molecule is CCC(NC(C)C1CCCCC1)c1ccc(F)cn1. The van der Waals surface area contributed by atoms with E-state index in [0.717, 1.165) is 18.0 Å². The summed E-state index contributed by atoms with van der Waals surface area (Å²) in [5.74, 6) is 0.516. The first kappa shape index (κ1) is 14.4. The molecule has 0 saturated heterocycles. The zero-order valence-corrected chi connectivity index (χ0v) is 12.0. The maximum absolute atomic E-state index is 12.9. The molecule has 2 rings (SSSR count). The van der Waals surface area contributed by atoms with E-state index in [-0.39, 0.29) is 11.9 Å². The van der Waals surface area contributed by atoms with Gasteiger partial charge in [0.1, 0.15) is 5.82 Å². The van der Waals surface area contributed by atoms with Gasteiger partial charge in [0.15, 0.2) is 0 Å². The molecular formula is C16H25FN2. The number of nitrogens with zero attached hydrogens (tertiary/aromatic N) is 1. The van der Waals surface area contributed by atoms with Gasteiger partial charge in [0, 0.05) is 12.1 Å². The predicted octanol–water partition coefficient (Wildman–Crippen LogP) is 4.23. The minimum atomic E-state index is -0.265. The first-order valence-electron chi connectivity index (χ1n) is 7.58. The summed E-state index contributed by atoms with van der Waals surface area (Å²) >= 11 is 0. The first-order valence-corrected chi connectivity index (χ1v) is 7.58. The Morgan fingerprint density at radius 3 is 2.63 bits per heavy atom. The summed E-state index contributed by atoms with van der Waals surface area (Å²) in [6.07, 6.45) is 9.08. The van der Waals surface area contributed by atoms with Gasteiger partial charge in [0.25, 0.3) is 0 Å². The van der Waals surface area contributed by atoms with Crippen LogP contribution < -0.4 is 5.32 Å². The van der Waals surface area contributed by atoms with Crippen LogP contribution in [0, 0.1) is 11.7 Å². The third-order valence-electron chi connectivity index (χ3n) is 4.34. The van der Waals surface area contributed by atoms with Gasteiger partial charge < -0.3 is 5.32 Å². The summed E-state index contributed by atoms with van der Waals surface area (Å²) in [6.45, 7) is 4.43. The van der Waals surface area contributed by atoms with Gasteiger partial charge in [0.2, 0.25) is 0 Å². The third kappa shape index (κ3) is 4.00. The van der Waals surface area contributed by atoms with Crippen LogP contribution in [0.2, 0.25) is 0 Å². The number of aromatic nitrogens is 1. The molecule has 0 radical (unpaired) electrons. The second-order valence-corrected chi connectivity index (χ2v) is 5.72. The molecule has 1 aliphatic rings. The molecule has 1 heterocycles. The summed E-state index contributed by atoms with van der Waals surface area (Å²) in [6, 6.07) is 4.04. The minimum absolute atomic E-state index is 0.234. The second-order valence-electron chi connectivity index (χ2n) is 5.72. The van der Waals surface area contributed by atoms with Crippen LogP contribution in [0.5, 0.6) is 0 Å². The third-order valence-corrected chi connectivity index (χ3v) is 4.34. The number of hydrogen-bond acceptors (Lipinski definition) is 2. The molecule has 1 aromatic heterocycles. The number of rotatable bonds is 5. The van der Waals surface area contributed by atoms with Crippen molar-refractivity contribution in [1.82, 2.24) is 10.3 Å². The summed E-state index contributed by atoms with van der Waals surface area (Å²) in [4.78, 5) is 4.21. The molecule has 19 heavy (non-hydrogen) atoms. The average molecular weight is 264 g/mol. The Labute approximate surface area is 115 Å². The molecule has 2 unspecified atom stereocenters. The normalized spacial score (nSPS) is 20.2. The van der Waals surface area contributed by atoms with Crippen molar-refractivity contribution in [2.75, 3.05) is 0 Å². The van der Waals surface area contributed by atoms with E-state index in [0.29, 0.717) is 6.04 Å². The molecule has 0 aromatic carbocycles. The van der Waals surface area contributed by atoms with Gasteiger partial charge in [-0.15, -0.1) is 0 Å². The monoisotopic (exact) mass is 264 g/mol. The number of nitrogens with one attached hydrogen (secondary N) is 1. The largest absolute Gasteiger partial charge is 0.306 e. The Hall–Kier alpha value is -0.960. The molecule has 0 spiro atoms. The van der Waals surface area contributed by atoms with E-state index >= 15 is 0 Å². The van der Waals surface area contributed by atoms with Crippen molar-refractivity contribution in [3.63, 3.8) is 0 Å². The van der Waals surface area contributed by atoms with Crippen molar-refractivity contribution in [2.24, 2.45) is 5.92 Å². The van der Waals surface area contributed by atoms with Gasteiger partial charge in [-0.3, -0.25) is 4.98 Å². The average Bonchev–Trinajstić information content (AvgIpc) is 2.46. The molecule has 2 nitrogen and oxygen atoms in total. The Balaban J connectivity index is 1.96. The highest BCUT2D eigenvalue weighted by Gasteiger charge is 2.22. The highest BCUT2D eigenvalue weighted by atomic mass is 19.1. The summed E-state index contributed by atoms with van der Waals surface area (Å²) < 4.78 is 12.9. The van der Waals surface area contributed by atoms with Crippen LogP contribution in [0.4, 0.5) is 4.39 Å². The van der Waals surface area contributed by atoms with Gasteiger partial charge in [-0.1, -0.05) is 26.2 Å². The van der Waals surface area contributed by atoms with Crippen molar-refractivity contribution in [2.45, 2.75) is 64.5 Å².